The van der Waals surface area contributed by atoms with Gasteiger partial charge in [0.05, 0.1) is 12.7 Å². The molecule has 120 valence electrons. The van der Waals surface area contributed by atoms with Crippen molar-refractivity contribution in [2.75, 3.05) is 7.11 Å². The molecule has 0 radical (unpaired) electrons. The fourth-order valence-corrected chi connectivity index (χ4v) is 4.45. The number of hydrogen-bond acceptors (Lipinski definition) is 5. The minimum absolute atomic E-state index is 0.399. The predicted octanol–water partition coefficient (Wildman–Crippen LogP) is 4.55. The van der Waals surface area contributed by atoms with Crippen LogP contribution in [0.5, 0.6) is 0 Å². The van der Waals surface area contributed by atoms with Crippen molar-refractivity contribution in [3.8, 4) is 0 Å². The van der Waals surface area contributed by atoms with Crippen molar-refractivity contribution < 1.29 is 14.3 Å². The maximum absolute atomic E-state index is 12.3. The molecule has 0 saturated heterocycles. The van der Waals surface area contributed by atoms with Gasteiger partial charge in [-0.3, -0.25) is 0 Å². The van der Waals surface area contributed by atoms with Gasteiger partial charge in [-0.15, -0.1) is 11.3 Å². The molecule has 2 aromatic rings. The lowest BCUT2D eigenvalue weighted by Gasteiger charge is -2.27. The van der Waals surface area contributed by atoms with Crippen LogP contribution in [0.3, 0.4) is 0 Å². The third-order valence-corrected chi connectivity index (χ3v) is 5.22. The predicted molar refractivity (Wildman–Crippen MR) is 97.4 cm³/mol. The zero-order chi connectivity index (χ0) is 16.7. The van der Waals surface area contributed by atoms with Crippen LogP contribution in [0.15, 0.2) is 6.07 Å². The molecule has 2 heterocycles. The summed E-state index contributed by atoms with van der Waals surface area (Å²) in [7, 11) is 1.38. The second-order valence-corrected chi connectivity index (χ2v) is 8.45. The first kappa shape index (κ1) is 17.6. The number of methoxy groups -OCH3 is 1. The van der Waals surface area contributed by atoms with Gasteiger partial charge in [0.1, 0.15) is 4.83 Å². The van der Waals surface area contributed by atoms with E-state index in [9.17, 15) is 4.79 Å². The van der Waals surface area contributed by atoms with Crippen LogP contribution in [0, 0.1) is 17.4 Å². The topological polar surface area (TPSA) is 48.4 Å². The lowest BCUT2D eigenvalue weighted by Crippen LogP contribution is -2.29. The van der Waals surface area contributed by atoms with Crippen LogP contribution in [-0.2, 0) is 14.3 Å². The molecule has 0 aliphatic carbocycles. The van der Waals surface area contributed by atoms with Crippen LogP contribution in [-0.4, -0.2) is 23.7 Å². The van der Waals surface area contributed by atoms with Gasteiger partial charge in [-0.25, -0.2) is 9.78 Å². The van der Waals surface area contributed by atoms with Crippen LogP contribution < -0.4 is 0 Å². The Kier molecular flexibility index (Phi) is 5.13. The van der Waals surface area contributed by atoms with Gasteiger partial charge in [0.25, 0.3) is 0 Å². The number of ether oxygens (including phenoxy) is 2. The molecule has 0 spiro atoms. The number of aromatic nitrogens is 1. The highest BCUT2D eigenvalue weighted by molar-refractivity contribution is 14.1. The highest BCUT2D eigenvalue weighted by atomic mass is 127. The Labute approximate surface area is 148 Å². The monoisotopic (exact) mass is 433 g/mol. The summed E-state index contributed by atoms with van der Waals surface area (Å²) < 4.78 is 11.9. The maximum atomic E-state index is 12.3. The van der Waals surface area contributed by atoms with Crippen molar-refractivity contribution in [3.05, 3.63) is 25.8 Å². The molecule has 22 heavy (non-hydrogen) atoms. The molecule has 2 aromatic heterocycles. The molecule has 2 rings (SSSR count). The van der Waals surface area contributed by atoms with Gasteiger partial charge < -0.3 is 9.47 Å². The normalized spacial score (nSPS) is 13.4. The van der Waals surface area contributed by atoms with E-state index >= 15 is 0 Å². The van der Waals surface area contributed by atoms with E-state index in [0.29, 0.717) is 0 Å². The number of thiophene rings is 1. The third-order valence-electron chi connectivity index (χ3n) is 3.12. The number of pyridine rings is 1. The summed E-state index contributed by atoms with van der Waals surface area (Å²) in [4.78, 5) is 19.1. The van der Waals surface area contributed by atoms with E-state index < -0.39 is 17.7 Å². The van der Waals surface area contributed by atoms with Crippen LogP contribution in [0.1, 0.15) is 43.0 Å². The number of halogens is 1. The molecule has 4 nitrogen and oxygen atoms in total. The van der Waals surface area contributed by atoms with Crippen molar-refractivity contribution in [2.24, 2.45) is 0 Å². The van der Waals surface area contributed by atoms with E-state index in [4.69, 9.17) is 9.47 Å². The molecule has 0 fully saturated rings. The Morgan fingerprint density at radius 2 is 2.00 bits per heavy atom. The zero-order valence-electron chi connectivity index (χ0n) is 13.6. The van der Waals surface area contributed by atoms with Crippen LogP contribution in [0.4, 0.5) is 0 Å². The number of aryl methyl sites for hydroxylation is 2. The molecule has 0 amide bonds. The Morgan fingerprint density at radius 1 is 1.36 bits per heavy atom. The third kappa shape index (κ3) is 3.60. The molecule has 0 unspecified atom stereocenters. The fraction of sp³-hybridized carbons (Fsp3) is 0.500. The first-order valence-corrected chi connectivity index (χ1v) is 8.85. The van der Waals surface area contributed by atoms with Gasteiger partial charge >= 0.3 is 5.97 Å². The summed E-state index contributed by atoms with van der Waals surface area (Å²) in [6.45, 7) is 9.73. The van der Waals surface area contributed by atoms with E-state index in [1.807, 2.05) is 27.7 Å². The van der Waals surface area contributed by atoms with Crippen LogP contribution in [0.2, 0.25) is 0 Å². The molecule has 1 atom stereocenters. The smallest absolute Gasteiger partial charge is 0.339 e. The second-order valence-electron chi connectivity index (χ2n) is 6.13. The Balaban J connectivity index is 2.64. The van der Waals surface area contributed by atoms with Gasteiger partial charge in [0.2, 0.25) is 0 Å². The zero-order valence-corrected chi connectivity index (χ0v) is 16.6. The number of hydrogen-bond donors (Lipinski definition) is 0. The summed E-state index contributed by atoms with van der Waals surface area (Å²) >= 11 is 3.93. The molecular weight excluding hydrogens is 413 g/mol. The van der Waals surface area contributed by atoms with Gasteiger partial charge in [-0.05, 0) is 63.3 Å². The van der Waals surface area contributed by atoms with Gasteiger partial charge in [0, 0.05) is 25.1 Å². The van der Waals surface area contributed by atoms with Crippen LogP contribution in [0.25, 0.3) is 10.2 Å². The number of fused-ring (bicyclic) bond motifs is 1. The number of rotatable bonds is 3. The second kappa shape index (κ2) is 6.41. The van der Waals surface area contributed by atoms with Crippen LogP contribution >= 0.6 is 33.9 Å². The van der Waals surface area contributed by atoms with Crippen molar-refractivity contribution >= 4 is 50.1 Å². The first-order valence-electron chi connectivity index (χ1n) is 6.96. The Bertz CT molecular complexity index is 718. The number of carbonyl (C=O) groups is 1. The van der Waals surface area contributed by atoms with Crippen molar-refractivity contribution in [1.82, 2.24) is 4.98 Å². The quantitative estimate of drug-likeness (QED) is 0.527. The Hall–Kier alpha value is -0.730. The number of carbonyl (C=O) groups excluding carboxylic acids is 1. The molecule has 0 N–H and O–H groups in total. The molecule has 6 heteroatoms. The minimum Gasteiger partial charge on any atom is -0.467 e. The SMILES string of the molecule is COC(=O)[C@@H](OC(C)(C)C)c1c(C)nc2sc(C)cc2c1I. The van der Waals surface area contributed by atoms with E-state index in [1.165, 1.54) is 12.0 Å². The van der Waals surface area contributed by atoms with E-state index in [2.05, 4.69) is 40.6 Å². The maximum Gasteiger partial charge on any atom is 0.339 e. The largest absolute Gasteiger partial charge is 0.467 e. The highest BCUT2D eigenvalue weighted by Gasteiger charge is 2.32. The average molecular weight is 433 g/mol. The number of nitrogens with zero attached hydrogens (tertiary/aromatic N) is 1. The molecule has 0 aliphatic rings. The van der Waals surface area contributed by atoms with Crippen molar-refractivity contribution in [2.45, 2.75) is 46.3 Å². The molecular formula is C16H20INO3S. The van der Waals surface area contributed by atoms with Gasteiger partial charge in [-0.1, -0.05) is 0 Å². The summed E-state index contributed by atoms with van der Waals surface area (Å²) in [5.41, 5.74) is 1.14. The fourth-order valence-electron chi connectivity index (χ4n) is 2.25. The summed E-state index contributed by atoms with van der Waals surface area (Å²) in [5.74, 6) is -0.399. The minimum atomic E-state index is -0.769. The Morgan fingerprint density at radius 3 is 2.55 bits per heavy atom. The lowest BCUT2D eigenvalue weighted by molar-refractivity contribution is -0.164. The molecule has 0 aliphatic heterocycles. The average Bonchev–Trinajstić information content (AvgIpc) is 2.76. The summed E-state index contributed by atoms with van der Waals surface area (Å²) in [6.07, 6.45) is -0.769. The molecule has 0 bridgehead atoms. The molecule has 0 aromatic carbocycles. The lowest BCUT2D eigenvalue weighted by atomic mass is 10.0. The van der Waals surface area contributed by atoms with Crippen molar-refractivity contribution in [1.29, 1.82) is 0 Å². The van der Waals surface area contributed by atoms with E-state index in [1.54, 1.807) is 11.3 Å². The van der Waals surface area contributed by atoms with E-state index in [0.717, 1.165) is 25.0 Å². The van der Waals surface area contributed by atoms with Crippen molar-refractivity contribution in [3.63, 3.8) is 0 Å². The summed E-state index contributed by atoms with van der Waals surface area (Å²) in [5, 5.41) is 1.06. The molecule has 0 saturated carbocycles. The van der Waals surface area contributed by atoms with E-state index in [-0.39, 0.29) is 0 Å². The first-order chi connectivity index (χ1) is 10.1. The summed E-state index contributed by atoms with van der Waals surface area (Å²) in [6, 6.07) is 2.10. The van der Waals surface area contributed by atoms with Gasteiger partial charge in [-0.2, -0.15) is 0 Å². The van der Waals surface area contributed by atoms with Gasteiger partial charge in [0.15, 0.2) is 6.10 Å². The standard InChI is InChI=1S/C16H20INO3S/c1-8-7-10-12(17)11(9(2)18-14(10)22-8)13(15(19)20-6)21-16(3,4)5/h7,13H,1-6H3/t13-/m0/s1. The number of esters is 1. The highest BCUT2D eigenvalue weighted by Crippen LogP contribution is 2.36.